The van der Waals surface area contributed by atoms with Gasteiger partial charge in [-0.3, -0.25) is 14.8 Å². The van der Waals surface area contributed by atoms with Crippen molar-refractivity contribution in [1.82, 2.24) is 10.8 Å². The Labute approximate surface area is 216 Å². The van der Waals surface area contributed by atoms with Gasteiger partial charge in [0.25, 0.3) is 5.91 Å². The van der Waals surface area contributed by atoms with Gasteiger partial charge >= 0.3 is 5.63 Å². The Morgan fingerprint density at radius 1 is 0.972 bits per heavy atom. The first-order valence-electron chi connectivity index (χ1n) is 11.2. The van der Waals surface area contributed by atoms with E-state index < -0.39 is 23.4 Å². The normalized spacial score (nSPS) is 11.7. The molecule has 0 fully saturated rings. The number of para-hydroxylation sites is 1. The van der Waals surface area contributed by atoms with E-state index >= 15 is 0 Å². The number of thioether (sulfide) groups is 1. The molecule has 1 aromatic heterocycles. The smallest absolute Gasteiger partial charge is 0.349 e. The Kier molecular flexibility index (Phi) is 8.43. The highest BCUT2D eigenvalue weighted by molar-refractivity contribution is 7.99. The van der Waals surface area contributed by atoms with E-state index in [1.54, 1.807) is 29.7 Å². The van der Waals surface area contributed by atoms with Crippen LogP contribution in [-0.2, 0) is 4.79 Å². The Hall–Kier alpha value is -3.59. The van der Waals surface area contributed by atoms with Crippen molar-refractivity contribution in [2.75, 3.05) is 12.3 Å². The van der Waals surface area contributed by atoms with Gasteiger partial charge in [0.05, 0.1) is 5.92 Å². The molecular weight excluding hydrogens is 500 g/mol. The van der Waals surface area contributed by atoms with Gasteiger partial charge in [0.15, 0.2) is 0 Å². The van der Waals surface area contributed by atoms with Crippen LogP contribution in [0.2, 0.25) is 5.02 Å². The quantitative estimate of drug-likeness (QED) is 0.121. The van der Waals surface area contributed by atoms with Crippen LogP contribution in [0.3, 0.4) is 0 Å². The third-order valence-corrected chi connectivity index (χ3v) is 7.05. The average Bonchev–Trinajstić information content (AvgIpc) is 2.90. The first-order chi connectivity index (χ1) is 17.4. The molecule has 0 saturated heterocycles. The molecule has 4 rings (SSSR count). The van der Waals surface area contributed by atoms with Crippen LogP contribution in [0.25, 0.3) is 22.1 Å². The zero-order valence-corrected chi connectivity index (χ0v) is 20.6. The molecule has 36 heavy (non-hydrogen) atoms. The number of carbonyl (C=O) groups is 2. The first-order valence-corrected chi connectivity index (χ1v) is 12.5. The molecule has 0 radical (unpaired) electrons. The molecular formula is C27H23ClN2O5S. The summed E-state index contributed by atoms with van der Waals surface area (Å²) in [5, 5.41) is 13.1. The van der Waals surface area contributed by atoms with Gasteiger partial charge in [0.1, 0.15) is 11.1 Å². The van der Waals surface area contributed by atoms with E-state index in [2.05, 4.69) is 5.32 Å². The van der Waals surface area contributed by atoms with Crippen molar-refractivity contribution in [2.24, 2.45) is 5.92 Å². The minimum Gasteiger partial charge on any atom is -0.422 e. The highest BCUT2D eigenvalue weighted by Gasteiger charge is 2.20. The van der Waals surface area contributed by atoms with E-state index in [0.29, 0.717) is 21.7 Å². The zero-order valence-electron chi connectivity index (χ0n) is 19.1. The van der Waals surface area contributed by atoms with Gasteiger partial charge in [-0.1, -0.05) is 54.1 Å². The molecule has 0 aliphatic carbocycles. The average molecular weight is 523 g/mol. The van der Waals surface area contributed by atoms with E-state index in [9.17, 15) is 14.4 Å². The van der Waals surface area contributed by atoms with Gasteiger partial charge in [0.2, 0.25) is 5.91 Å². The number of rotatable bonds is 9. The summed E-state index contributed by atoms with van der Waals surface area (Å²) in [7, 11) is 0. The van der Waals surface area contributed by atoms with Crippen LogP contribution in [0.15, 0.2) is 93.0 Å². The van der Waals surface area contributed by atoms with Crippen molar-refractivity contribution in [3.63, 3.8) is 0 Å². The predicted octanol–water partition coefficient (Wildman–Crippen LogP) is 5.15. The molecule has 3 aromatic carbocycles. The van der Waals surface area contributed by atoms with Gasteiger partial charge in [0, 0.05) is 27.6 Å². The molecule has 1 heterocycles. The number of carbonyl (C=O) groups excluding carboxylic acids is 2. The van der Waals surface area contributed by atoms with Crippen molar-refractivity contribution in [3.05, 3.63) is 99.9 Å². The minimum atomic E-state index is -0.728. The molecule has 0 bridgehead atoms. The SMILES string of the molecule is O=C(NCCC(CSc1ccc(-c2ccc(Cl)cc2)cc1)C(=O)NO)c1cc2ccccc2oc1=O. The number of fused-ring (bicyclic) bond motifs is 1. The van der Waals surface area contributed by atoms with Crippen LogP contribution in [-0.4, -0.2) is 29.3 Å². The zero-order chi connectivity index (χ0) is 25.5. The Bertz CT molecular complexity index is 1420. The lowest BCUT2D eigenvalue weighted by atomic mass is 10.1. The van der Waals surface area contributed by atoms with Gasteiger partial charge < -0.3 is 9.73 Å². The number of hydrogen-bond acceptors (Lipinski definition) is 6. The van der Waals surface area contributed by atoms with Gasteiger partial charge in [-0.2, -0.15) is 0 Å². The van der Waals surface area contributed by atoms with Crippen LogP contribution in [0.4, 0.5) is 0 Å². The molecule has 184 valence electrons. The monoisotopic (exact) mass is 522 g/mol. The molecule has 0 aliphatic rings. The first kappa shape index (κ1) is 25.5. The minimum absolute atomic E-state index is 0.105. The number of halogens is 1. The molecule has 0 aliphatic heterocycles. The topological polar surface area (TPSA) is 109 Å². The van der Waals surface area contributed by atoms with Crippen LogP contribution in [0.5, 0.6) is 0 Å². The van der Waals surface area contributed by atoms with Crippen molar-refractivity contribution in [3.8, 4) is 11.1 Å². The molecule has 1 unspecified atom stereocenters. The summed E-state index contributed by atoms with van der Waals surface area (Å²) in [4.78, 5) is 37.9. The van der Waals surface area contributed by atoms with Crippen LogP contribution in [0, 0.1) is 5.92 Å². The fourth-order valence-electron chi connectivity index (χ4n) is 3.64. The van der Waals surface area contributed by atoms with Crippen molar-refractivity contribution in [2.45, 2.75) is 11.3 Å². The lowest BCUT2D eigenvalue weighted by Gasteiger charge is -2.15. The van der Waals surface area contributed by atoms with Gasteiger partial charge in [-0.15, -0.1) is 11.8 Å². The summed E-state index contributed by atoms with van der Waals surface area (Å²) >= 11 is 7.42. The maximum Gasteiger partial charge on any atom is 0.349 e. The van der Waals surface area contributed by atoms with Gasteiger partial charge in [-0.25, -0.2) is 10.3 Å². The van der Waals surface area contributed by atoms with E-state index in [-0.39, 0.29) is 18.5 Å². The highest BCUT2D eigenvalue weighted by atomic mass is 35.5. The summed E-state index contributed by atoms with van der Waals surface area (Å²) in [6.45, 7) is 0.138. The molecule has 0 saturated carbocycles. The van der Waals surface area contributed by atoms with Crippen LogP contribution < -0.4 is 16.4 Å². The lowest BCUT2D eigenvalue weighted by Crippen LogP contribution is -2.34. The third kappa shape index (κ3) is 6.34. The molecule has 4 aromatic rings. The second kappa shape index (κ2) is 11.9. The highest BCUT2D eigenvalue weighted by Crippen LogP contribution is 2.27. The van der Waals surface area contributed by atoms with E-state index in [4.69, 9.17) is 21.2 Å². The summed E-state index contributed by atoms with van der Waals surface area (Å²) in [6, 6.07) is 23.9. The maximum atomic E-state index is 12.5. The largest absolute Gasteiger partial charge is 0.422 e. The standard InChI is InChI=1S/C27H23ClN2O5S/c28-21-9-5-17(6-10-21)18-7-11-22(12-8-18)36-16-20(25(31)30-34)13-14-29-26(32)23-15-19-3-1-2-4-24(19)35-27(23)33/h1-12,15,20,34H,13-14,16H2,(H,29,32)(H,30,31). The molecule has 1 atom stereocenters. The van der Waals surface area contributed by atoms with E-state index in [1.165, 1.54) is 17.8 Å². The second-order valence-electron chi connectivity index (χ2n) is 8.05. The lowest BCUT2D eigenvalue weighted by molar-refractivity contribution is -0.132. The maximum absolute atomic E-state index is 12.5. The Balaban J connectivity index is 1.34. The predicted molar refractivity (Wildman–Crippen MR) is 140 cm³/mol. The van der Waals surface area contributed by atoms with Crippen LogP contribution in [0.1, 0.15) is 16.8 Å². The van der Waals surface area contributed by atoms with Crippen molar-refractivity contribution in [1.29, 1.82) is 0 Å². The van der Waals surface area contributed by atoms with E-state index in [1.807, 2.05) is 48.5 Å². The number of hydroxylamine groups is 1. The van der Waals surface area contributed by atoms with Gasteiger partial charge in [-0.05, 0) is 53.9 Å². The Morgan fingerprint density at radius 3 is 2.33 bits per heavy atom. The number of nitrogens with one attached hydrogen (secondary N) is 2. The van der Waals surface area contributed by atoms with Crippen molar-refractivity contribution >= 4 is 46.1 Å². The fraction of sp³-hybridized carbons (Fsp3) is 0.148. The molecule has 3 N–H and O–H groups in total. The second-order valence-corrected chi connectivity index (χ2v) is 9.58. The summed E-state index contributed by atoms with van der Waals surface area (Å²) in [5.41, 5.74) is 3.35. The Morgan fingerprint density at radius 2 is 1.64 bits per heavy atom. The molecule has 0 spiro atoms. The summed E-state index contributed by atoms with van der Waals surface area (Å²) < 4.78 is 5.20. The summed E-state index contributed by atoms with van der Waals surface area (Å²) in [5.74, 6) is -1.30. The summed E-state index contributed by atoms with van der Waals surface area (Å²) in [6.07, 6.45) is 0.271. The number of benzene rings is 3. The molecule has 9 heteroatoms. The fourth-order valence-corrected chi connectivity index (χ4v) is 4.81. The third-order valence-electron chi connectivity index (χ3n) is 5.63. The van der Waals surface area contributed by atoms with Crippen LogP contribution >= 0.6 is 23.4 Å². The molecule has 7 nitrogen and oxygen atoms in total. The molecule has 2 amide bonds. The number of hydrogen-bond donors (Lipinski definition) is 3. The number of amides is 2. The van der Waals surface area contributed by atoms with E-state index in [0.717, 1.165) is 16.0 Å². The van der Waals surface area contributed by atoms with Crippen molar-refractivity contribution < 1.29 is 19.2 Å².